The number of amides is 1. The molecule has 1 aromatic rings. The number of hydrogen-bond donors (Lipinski definition) is 2. The molecular formula is C14H20ClF3N2O3. The van der Waals surface area contributed by atoms with Gasteiger partial charge in [-0.2, -0.15) is 13.2 Å². The van der Waals surface area contributed by atoms with Crippen LogP contribution in [0, 0.1) is 0 Å². The molecule has 1 atom stereocenters. The highest BCUT2D eigenvalue weighted by Crippen LogP contribution is 2.35. The molecule has 0 aliphatic rings. The fourth-order valence-electron chi connectivity index (χ4n) is 1.76. The van der Waals surface area contributed by atoms with Gasteiger partial charge < -0.3 is 20.5 Å². The molecular weight excluding hydrogens is 337 g/mol. The van der Waals surface area contributed by atoms with E-state index in [0.29, 0.717) is 0 Å². The first kappa shape index (κ1) is 21.5. The normalized spacial score (nSPS) is 12.3. The number of hydrogen-bond acceptors (Lipinski definition) is 4. The molecule has 0 aliphatic heterocycles. The zero-order valence-electron chi connectivity index (χ0n) is 12.8. The van der Waals surface area contributed by atoms with Crippen LogP contribution in [-0.2, 0) is 15.7 Å². The second kappa shape index (κ2) is 9.59. The number of carbonyl (C=O) groups is 1. The lowest BCUT2D eigenvalue weighted by Crippen LogP contribution is -2.28. The van der Waals surface area contributed by atoms with Crippen molar-refractivity contribution in [1.29, 1.82) is 0 Å². The topological polar surface area (TPSA) is 73.6 Å². The first-order valence-corrected chi connectivity index (χ1v) is 6.68. The van der Waals surface area contributed by atoms with Gasteiger partial charge in [0.05, 0.1) is 30.4 Å². The number of anilines is 1. The second-order valence-corrected chi connectivity index (χ2v) is 4.49. The number of carbonyl (C=O) groups excluding carboxylic acids is 1. The second-order valence-electron chi connectivity index (χ2n) is 4.49. The molecule has 0 aromatic heterocycles. The Kier molecular flexibility index (Phi) is 8.96. The van der Waals surface area contributed by atoms with Gasteiger partial charge in [-0.1, -0.05) is 0 Å². The summed E-state index contributed by atoms with van der Waals surface area (Å²) in [5, 5.41) is 2.41. The molecule has 0 radical (unpaired) electrons. The summed E-state index contributed by atoms with van der Waals surface area (Å²) in [4.78, 5) is 11.9. The van der Waals surface area contributed by atoms with Crippen molar-refractivity contribution in [3.05, 3.63) is 23.8 Å². The maximum atomic E-state index is 12.8. The van der Waals surface area contributed by atoms with E-state index in [9.17, 15) is 18.0 Å². The summed E-state index contributed by atoms with van der Waals surface area (Å²) in [5.41, 5.74) is 4.50. The third kappa shape index (κ3) is 6.64. The van der Waals surface area contributed by atoms with Gasteiger partial charge in [-0.05, 0) is 25.1 Å². The number of ether oxygens (including phenoxy) is 2. The molecule has 132 valence electrons. The van der Waals surface area contributed by atoms with Crippen LogP contribution in [0.25, 0.3) is 0 Å². The molecule has 1 unspecified atom stereocenters. The van der Waals surface area contributed by atoms with Crippen LogP contribution in [0.3, 0.4) is 0 Å². The summed E-state index contributed by atoms with van der Waals surface area (Å²) in [6, 6.07) is 2.92. The number of nitrogens with one attached hydrogen (secondary N) is 1. The Labute approximate surface area is 138 Å². The van der Waals surface area contributed by atoms with Gasteiger partial charge >= 0.3 is 6.18 Å². The predicted molar refractivity (Wildman–Crippen MR) is 83.0 cm³/mol. The standard InChI is InChI=1S/C14H19F3N2O3.ClH/c1-3-22-12-5-4-9(14(15,16)17)6-11(12)19-13(20)7-10(8-18)21-2;/h4-6,10H,3,7-8,18H2,1-2H3,(H,19,20);1H. The van der Waals surface area contributed by atoms with Crippen LogP contribution in [-0.4, -0.2) is 32.3 Å². The van der Waals surface area contributed by atoms with Crippen molar-refractivity contribution in [3.8, 4) is 5.75 Å². The van der Waals surface area contributed by atoms with Gasteiger partial charge in [0, 0.05) is 13.7 Å². The largest absolute Gasteiger partial charge is 0.492 e. The quantitative estimate of drug-likeness (QED) is 0.788. The summed E-state index contributed by atoms with van der Waals surface area (Å²) < 4.78 is 48.4. The lowest BCUT2D eigenvalue weighted by molar-refractivity contribution is -0.137. The Hall–Kier alpha value is -1.51. The van der Waals surface area contributed by atoms with Gasteiger partial charge in [0.1, 0.15) is 5.75 Å². The molecule has 1 aromatic carbocycles. The molecule has 1 rings (SSSR count). The number of rotatable bonds is 7. The predicted octanol–water partition coefficient (Wildman–Crippen LogP) is 2.83. The third-order valence-electron chi connectivity index (χ3n) is 2.89. The highest BCUT2D eigenvalue weighted by molar-refractivity contribution is 5.92. The monoisotopic (exact) mass is 356 g/mol. The van der Waals surface area contributed by atoms with E-state index in [4.69, 9.17) is 15.2 Å². The van der Waals surface area contributed by atoms with Crippen molar-refractivity contribution in [3.63, 3.8) is 0 Å². The molecule has 5 nitrogen and oxygen atoms in total. The van der Waals surface area contributed by atoms with E-state index in [1.807, 2.05) is 0 Å². The minimum atomic E-state index is -4.50. The van der Waals surface area contributed by atoms with Crippen LogP contribution in [0.2, 0.25) is 0 Å². The molecule has 0 heterocycles. The van der Waals surface area contributed by atoms with Crippen molar-refractivity contribution in [2.75, 3.05) is 25.6 Å². The Bertz CT molecular complexity index is 509. The smallest absolute Gasteiger partial charge is 0.416 e. The Morgan fingerprint density at radius 3 is 2.52 bits per heavy atom. The van der Waals surface area contributed by atoms with E-state index in [-0.39, 0.29) is 43.4 Å². The van der Waals surface area contributed by atoms with Crippen LogP contribution in [0.15, 0.2) is 18.2 Å². The SMILES string of the molecule is CCOc1ccc(C(F)(F)F)cc1NC(=O)CC(CN)OC.Cl. The summed E-state index contributed by atoms with van der Waals surface area (Å²) in [6.07, 6.45) is -5.06. The maximum Gasteiger partial charge on any atom is 0.416 e. The summed E-state index contributed by atoms with van der Waals surface area (Å²) in [6.45, 7) is 2.08. The zero-order valence-corrected chi connectivity index (χ0v) is 13.6. The van der Waals surface area contributed by atoms with Crippen LogP contribution >= 0.6 is 12.4 Å². The number of methoxy groups -OCH3 is 1. The summed E-state index contributed by atoms with van der Waals surface area (Å²) in [5.74, 6) is -0.330. The molecule has 0 saturated heterocycles. The highest BCUT2D eigenvalue weighted by atomic mass is 35.5. The van der Waals surface area contributed by atoms with E-state index in [1.165, 1.54) is 13.2 Å². The molecule has 0 aliphatic carbocycles. The first-order valence-electron chi connectivity index (χ1n) is 6.68. The molecule has 1 amide bonds. The summed E-state index contributed by atoms with van der Waals surface area (Å²) >= 11 is 0. The van der Waals surface area contributed by atoms with Crippen molar-refractivity contribution < 1.29 is 27.4 Å². The number of alkyl halides is 3. The Morgan fingerprint density at radius 2 is 2.04 bits per heavy atom. The Balaban J connectivity index is 0.00000484. The van der Waals surface area contributed by atoms with Gasteiger partial charge in [0.15, 0.2) is 0 Å². The van der Waals surface area contributed by atoms with Gasteiger partial charge in [-0.25, -0.2) is 0 Å². The number of halogens is 4. The minimum absolute atomic E-state index is 0. The fraction of sp³-hybridized carbons (Fsp3) is 0.500. The molecule has 3 N–H and O–H groups in total. The van der Waals surface area contributed by atoms with E-state index in [1.54, 1.807) is 6.92 Å². The van der Waals surface area contributed by atoms with E-state index < -0.39 is 23.8 Å². The van der Waals surface area contributed by atoms with Crippen LogP contribution in [0.5, 0.6) is 5.75 Å². The summed E-state index contributed by atoms with van der Waals surface area (Å²) in [7, 11) is 1.40. The molecule has 0 saturated carbocycles. The van der Waals surface area contributed by atoms with Crippen LogP contribution < -0.4 is 15.8 Å². The molecule has 0 bridgehead atoms. The van der Waals surface area contributed by atoms with Gasteiger partial charge in [-0.3, -0.25) is 4.79 Å². The van der Waals surface area contributed by atoms with Crippen molar-refractivity contribution >= 4 is 24.0 Å². The van der Waals surface area contributed by atoms with Gasteiger partial charge in [0.2, 0.25) is 5.91 Å². The average Bonchev–Trinajstić information content (AvgIpc) is 2.45. The number of benzene rings is 1. The average molecular weight is 357 g/mol. The van der Waals surface area contributed by atoms with E-state index >= 15 is 0 Å². The number of nitrogens with two attached hydrogens (primary N) is 1. The van der Waals surface area contributed by atoms with Crippen LogP contribution in [0.4, 0.5) is 18.9 Å². The first-order chi connectivity index (χ1) is 10.3. The minimum Gasteiger partial charge on any atom is -0.492 e. The van der Waals surface area contributed by atoms with Crippen molar-refractivity contribution in [2.45, 2.75) is 25.6 Å². The van der Waals surface area contributed by atoms with Crippen LogP contribution in [0.1, 0.15) is 18.9 Å². The van der Waals surface area contributed by atoms with E-state index in [2.05, 4.69) is 5.32 Å². The van der Waals surface area contributed by atoms with E-state index in [0.717, 1.165) is 12.1 Å². The molecule has 23 heavy (non-hydrogen) atoms. The molecule has 0 spiro atoms. The van der Waals surface area contributed by atoms with Gasteiger partial charge in [-0.15, -0.1) is 12.4 Å². The van der Waals surface area contributed by atoms with Crippen molar-refractivity contribution in [1.82, 2.24) is 0 Å². The third-order valence-corrected chi connectivity index (χ3v) is 2.89. The Morgan fingerprint density at radius 1 is 1.39 bits per heavy atom. The maximum absolute atomic E-state index is 12.8. The van der Waals surface area contributed by atoms with Crippen molar-refractivity contribution in [2.24, 2.45) is 5.73 Å². The fourth-order valence-corrected chi connectivity index (χ4v) is 1.76. The molecule has 0 fully saturated rings. The highest BCUT2D eigenvalue weighted by Gasteiger charge is 2.31. The lowest BCUT2D eigenvalue weighted by Gasteiger charge is -2.16. The van der Waals surface area contributed by atoms with Gasteiger partial charge in [0.25, 0.3) is 0 Å². The molecule has 9 heteroatoms. The lowest BCUT2D eigenvalue weighted by atomic mass is 10.1. The zero-order chi connectivity index (χ0) is 16.8.